The van der Waals surface area contributed by atoms with Crippen LogP contribution in [0.15, 0.2) is 24.3 Å². The summed E-state index contributed by atoms with van der Waals surface area (Å²) in [4.78, 5) is 0. The summed E-state index contributed by atoms with van der Waals surface area (Å²) in [6.07, 6.45) is 1.36. The number of hydrogen-bond acceptors (Lipinski definition) is 2. The van der Waals surface area contributed by atoms with Crippen molar-refractivity contribution in [3.05, 3.63) is 35.4 Å². The van der Waals surface area contributed by atoms with Crippen molar-refractivity contribution in [1.29, 1.82) is 0 Å². The molecule has 0 aliphatic carbocycles. The Kier molecular flexibility index (Phi) is 4.79. The van der Waals surface area contributed by atoms with Gasteiger partial charge in [0.15, 0.2) is 0 Å². The predicted octanol–water partition coefficient (Wildman–Crippen LogP) is 2.58. The normalized spacial score (nSPS) is 14.9. The average molecular weight is 207 g/mol. The van der Waals surface area contributed by atoms with E-state index in [1.165, 1.54) is 5.56 Å². The molecular weight excluding hydrogens is 186 g/mol. The fourth-order valence-corrected chi connectivity index (χ4v) is 1.61. The maximum atomic E-state index is 9.73. The quantitative estimate of drug-likeness (QED) is 0.779. The van der Waals surface area contributed by atoms with Crippen molar-refractivity contribution in [1.82, 2.24) is 0 Å². The Morgan fingerprint density at radius 3 is 2.20 bits per heavy atom. The highest BCUT2D eigenvalue weighted by molar-refractivity contribution is 5.26. The van der Waals surface area contributed by atoms with E-state index < -0.39 is 6.10 Å². The Bertz CT molecular complexity index is 281. The molecule has 1 aromatic rings. The molecule has 15 heavy (non-hydrogen) atoms. The van der Waals surface area contributed by atoms with Gasteiger partial charge in [0.05, 0.1) is 6.10 Å². The Hall–Kier alpha value is -0.860. The zero-order valence-electron chi connectivity index (χ0n) is 9.61. The van der Waals surface area contributed by atoms with Crippen molar-refractivity contribution in [2.24, 2.45) is 5.73 Å². The first-order valence-corrected chi connectivity index (χ1v) is 5.67. The molecule has 2 unspecified atom stereocenters. The van der Waals surface area contributed by atoms with E-state index in [1.54, 1.807) is 0 Å². The second-order valence-corrected chi connectivity index (χ2v) is 4.07. The van der Waals surface area contributed by atoms with Crippen LogP contribution in [0, 0.1) is 0 Å². The second kappa shape index (κ2) is 5.89. The van der Waals surface area contributed by atoms with Crippen molar-refractivity contribution in [2.75, 3.05) is 6.54 Å². The van der Waals surface area contributed by atoms with Gasteiger partial charge in [-0.2, -0.15) is 0 Å². The number of aliphatic hydroxyl groups is 1. The van der Waals surface area contributed by atoms with Gasteiger partial charge in [-0.05, 0) is 36.4 Å². The van der Waals surface area contributed by atoms with Gasteiger partial charge in [-0.25, -0.2) is 0 Å². The van der Waals surface area contributed by atoms with E-state index in [9.17, 15) is 5.11 Å². The highest BCUT2D eigenvalue weighted by atomic mass is 16.3. The first kappa shape index (κ1) is 12.2. The summed E-state index contributed by atoms with van der Waals surface area (Å²) in [6, 6.07) is 8.20. The molecule has 0 amide bonds. The summed E-state index contributed by atoms with van der Waals surface area (Å²) in [5, 5.41) is 9.73. The van der Waals surface area contributed by atoms with Crippen molar-refractivity contribution < 1.29 is 5.11 Å². The molecule has 0 aliphatic heterocycles. The Balaban J connectivity index is 2.71. The molecule has 0 aromatic heterocycles. The van der Waals surface area contributed by atoms with Crippen LogP contribution in [0.3, 0.4) is 0 Å². The third-order valence-corrected chi connectivity index (χ3v) is 2.94. The molecule has 0 spiro atoms. The molecular formula is C13H21NO. The lowest BCUT2D eigenvalue weighted by molar-refractivity contribution is 0.170. The molecule has 1 aromatic carbocycles. The van der Waals surface area contributed by atoms with Crippen molar-refractivity contribution in [3.63, 3.8) is 0 Å². The lowest BCUT2D eigenvalue weighted by Crippen LogP contribution is -2.06. The van der Waals surface area contributed by atoms with E-state index >= 15 is 0 Å². The molecule has 0 aliphatic rings. The largest absolute Gasteiger partial charge is 0.388 e. The third kappa shape index (κ3) is 3.33. The average Bonchev–Trinajstić information content (AvgIpc) is 2.28. The monoisotopic (exact) mass is 207 g/mol. The molecule has 0 radical (unpaired) electrons. The van der Waals surface area contributed by atoms with E-state index in [0.29, 0.717) is 18.9 Å². The van der Waals surface area contributed by atoms with Crippen LogP contribution in [-0.2, 0) is 0 Å². The first-order chi connectivity index (χ1) is 7.19. The van der Waals surface area contributed by atoms with E-state index in [4.69, 9.17) is 5.73 Å². The van der Waals surface area contributed by atoms with Crippen LogP contribution in [0.5, 0.6) is 0 Å². The first-order valence-electron chi connectivity index (χ1n) is 5.67. The summed E-state index contributed by atoms with van der Waals surface area (Å²) in [5.74, 6) is 0.589. The van der Waals surface area contributed by atoms with Crippen LogP contribution in [0.25, 0.3) is 0 Å². The number of benzene rings is 1. The van der Waals surface area contributed by atoms with Gasteiger partial charge in [0.25, 0.3) is 0 Å². The number of rotatable bonds is 5. The number of hydrogen-bond donors (Lipinski definition) is 2. The van der Waals surface area contributed by atoms with E-state index in [0.717, 1.165) is 12.0 Å². The highest BCUT2D eigenvalue weighted by Gasteiger charge is 2.07. The van der Waals surface area contributed by atoms with Gasteiger partial charge in [-0.15, -0.1) is 0 Å². The maximum absolute atomic E-state index is 9.73. The lowest BCUT2D eigenvalue weighted by atomic mass is 9.96. The van der Waals surface area contributed by atoms with Crippen LogP contribution in [0.4, 0.5) is 0 Å². The maximum Gasteiger partial charge on any atom is 0.0802 e. The standard InChI is InChI=1S/C13H21NO/c1-3-10(2)11-4-6-12(7-5-11)13(15)8-9-14/h4-7,10,13,15H,3,8-9,14H2,1-2H3. The van der Waals surface area contributed by atoms with Crippen LogP contribution >= 0.6 is 0 Å². The minimum atomic E-state index is -0.416. The van der Waals surface area contributed by atoms with Crippen LogP contribution in [-0.4, -0.2) is 11.7 Å². The van der Waals surface area contributed by atoms with Gasteiger partial charge in [-0.3, -0.25) is 0 Å². The molecule has 2 heteroatoms. The van der Waals surface area contributed by atoms with Crippen molar-refractivity contribution in [3.8, 4) is 0 Å². The van der Waals surface area contributed by atoms with E-state index in [2.05, 4.69) is 26.0 Å². The summed E-state index contributed by atoms with van der Waals surface area (Å²) in [6.45, 7) is 4.92. The number of aliphatic hydroxyl groups excluding tert-OH is 1. The van der Waals surface area contributed by atoms with E-state index in [-0.39, 0.29) is 0 Å². The second-order valence-electron chi connectivity index (χ2n) is 4.07. The molecule has 0 bridgehead atoms. The Morgan fingerprint density at radius 1 is 1.20 bits per heavy atom. The minimum absolute atomic E-state index is 0.416. The van der Waals surface area contributed by atoms with Crippen LogP contribution < -0.4 is 5.73 Å². The molecule has 0 saturated heterocycles. The van der Waals surface area contributed by atoms with Gasteiger partial charge in [0.1, 0.15) is 0 Å². The fraction of sp³-hybridized carbons (Fsp3) is 0.538. The van der Waals surface area contributed by atoms with Crippen LogP contribution in [0.1, 0.15) is 49.8 Å². The molecule has 3 N–H and O–H groups in total. The van der Waals surface area contributed by atoms with Gasteiger partial charge < -0.3 is 10.8 Å². The van der Waals surface area contributed by atoms with Gasteiger partial charge in [0, 0.05) is 0 Å². The summed E-state index contributed by atoms with van der Waals surface area (Å²) in [5.41, 5.74) is 7.71. The topological polar surface area (TPSA) is 46.2 Å². The molecule has 0 fully saturated rings. The summed E-state index contributed by atoms with van der Waals surface area (Å²) >= 11 is 0. The molecule has 1 rings (SSSR count). The Morgan fingerprint density at radius 2 is 1.73 bits per heavy atom. The molecule has 2 nitrogen and oxygen atoms in total. The van der Waals surface area contributed by atoms with Gasteiger partial charge >= 0.3 is 0 Å². The third-order valence-electron chi connectivity index (χ3n) is 2.94. The SMILES string of the molecule is CCC(C)c1ccc(C(O)CCN)cc1. The molecule has 0 saturated carbocycles. The zero-order chi connectivity index (χ0) is 11.3. The minimum Gasteiger partial charge on any atom is -0.388 e. The van der Waals surface area contributed by atoms with E-state index in [1.807, 2.05) is 12.1 Å². The lowest BCUT2D eigenvalue weighted by Gasteiger charge is -2.12. The molecule has 2 atom stereocenters. The predicted molar refractivity (Wildman–Crippen MR) is 63.8 cm³/mol. The Labute approximate surface area is 92.1 Å². The van der Waals surface area contributed by atoms with Gasteiger partial charge in [-0.1, -0.05) is 38.1 Å². The fourth-order valence-electron chi connectivity index (χ4n) is 1.61. The van der Waals surface area contributed by atoms with Crippen molar-refractivity contribution in [2.45, 2.75) is 38.7 Å². The smallest absolute Gasteiger partial charge is 0.0802 e. The summed E-state index contributed by atoms with van der Waals surface area (Å²) in [7, 11) is 0. The molecule has 0 heterocycles. The zero-order valence-corrected chi connectivity index (χ0v) is 9.61. The van der Waals surface area contributed by atoms with Gasteiger partial charge in [0.2, 0.25) is 0 Å². The number of nitrogens with two attached hydrogens (primary N) is 1. The summed E-state index contributed by atoms with van der Waals surface area (Å²) < 4.78 is 0. The highest BCUT2D eigenvalue weighted by Crippen LogP contribution is 2.22. The van der Waals surface area contributed by atoms with Crippen molar-refractivity contribution >= 4 is 0 Å². The molecule has 84 valence electrons. The van der Waals surface area contributed by atoms with Crippen LogP contribution in [0.2, 0.25) is 0 Å².